The highest BCUT2D eigenvalue weighted by Gasteiger charge is 2.91. The molecule has 11 atom stereocenters. The third-order valence-corrected chi connectivity index (χ3v) is 11.6. The zero-order valence-electron chi connectivity index (χ0n) is 25.0. The van der Waals surface area contributed by atoms with Crippen LogP contribution in [0.15, 0.2) is 23.0 Å². The van der Waals surface area contributed by atoms with E-state index < -0.39 is 99.2 Å². The molecule has 0 amide bonds. The molecule has 1 aromatic heterocycles. The van der Waals surface area contributed by atoms with Gasteiger partial charge in [0.15, 0.2) is 17.5 Å². The molecule has 6 rings (SSSR count). The van der Waals surface area contributed by atoms with Crippen LogP contribution in [0.25, 0.3) is 0 Å². The number of hydrogen-bond acceptors (Lipinski definition) is 11. The van der Waals surface area contributed by atoms with Crippen LogP contribution in [-0.4, -0.2) is 70.5 Å². The molecule has 11 heteroatoms. The smallest absolute Gasteiger partial charge is 0.335 e. The highest BCUT2D eigenvalue weighted by Crippen LogP contribution is 2.78. The van der Waals surface area contributed by atoms with Gasteiger partial charge in [-0.15, -0.1) is 0 Å². The fraction of sp³-hybridized carbons (Fsp3) is 0.742. The summed E-state index contributed by atoms with van der Waals surface area (Å²) in [5, 5.41) is 24.1. The highest BCUT2D eigenvalue weighted by atomic mass is 16.6. The molecule has 230 valence electrons. The van der Waals surface area contributed by atoms with Crippen LogP contribution in [0.2, 0.25) is 0 Å². The number of rotatable bonds is 5. The van der Waals surface area contributed by atoms with E-state index in [2.05, 4.69) is 0 Å². The van der Waals surface area contributed by atoms with Crippen molar-refractivity contribution in [2.45, 2.75) is 96.4 Å². The van der Waals surface area contributed by atoms with Crippen molar-refractivity contribution in [3.8, 4) is 0 Å². The van der Waals surface area contributed by atoms with Gasteiger partial charge in [0, 0.05) is 39.6 Å². The van der Waals surface area contributed by atoms with Crippen molar-refractivity contribution in [3.05, 3.63) is 24.2 Å². The zero-order chi connectivity index (χ0) is 30.8. The largest absolute Gasteiger partial charge is 0.472 e. The minimum absolute atomic E-state index is 0.0116. The number of carbonyl (C=O) groups excluding carboxylic acids is 4. The van der Waals surface area contributed by atoms with Crippen LogP contribution in [0.3, 0.4) is 0 Å². The molecular formula is C31H40O11. The summed E-state index contributed by atoms with van der Waals surface area (Å²) in [4.78, 5) is 53.8. The average molecular weight is 589 g/mol. The first-order valence-corrected chi connectivity index (χ1v) is 14.7. The molecular weight excluding hydrogens is 548 g/mol. The SMILES string of the molecule is COC(=O)[C@H](O)[C@H]1C(C)(C)[C@@H](OC(=O)C(C)C)[C@@]2(O)C(=O)[C@]1(C)[C@H]1CC[C@@]3(C)[C@@H](CC(=O)O[C@H]3c3ccoc3)[C@]13O[C@H]23. The molecule has 11 nitrogen and oxygen atoms in total. The Morgan fingerprint density at radius 2 is 1.79 bits per heavy atom. The van der Waals surface area contributed by atoms with Crippen molar-refractivity contribution in [2.24, 2.45) is 39.9 Å². The number of hydrogen-bond donors (Lipinski definition) is 2. The van der Waals surface area contributed by atoms with Crippen molar-refractivity contribution in [1.82, 2.24) is 0 Å². The van der Waals surface area contributed by atoms with E-state index in [1.807, 2.05) is 6.92 Å². The van der Waals surface area contributed by atoms with Crippen LogP contribution in [0.5, 0.6) is 0 Å². The summed E-state index contributed by atoms with van der Waals surface area (Å²) < 4.78 is 28.6. The number of epoxide rings is 1. The van der Waals surface area contributed by atoms with Gasteiger partial charge in [0.05, 0.1) is 32.0 Å². The van der Waals surface area contributed by atoms with Crippen molar-refractivity contribution in [3.63, 3.8) is 0 Å². The number of aliphatic hydroxyl groups excluding tert-OH is 1. The monoisotopic (exact) mass is 588 g/mol. The van der Waals surface area contributed by atoms with E-state index in [1.165, 1.54) is 6.26 Å². The van der Waals surface area contributed by atoms with Gasteiger partial charge in [0.25, 0.3) is 0 Å². The van der Waals surface area contributed by atoms with Gasteiger partial charge in [-0.25, -0.2) is 4.79 Å². The van der Waals surface area contributed by atoms with Crippen molar-refractivity contribution < 1.29 is 52.8 Å². The normalized spacial score (nSPS) is 45.6. The molecule has 0 radical (unpaired) electrons. The Kier molecular flexibility index (Phi) is 6.20. The molecule has 42 heavy (non-hydrogen) atoms. The number of fused-ring (bicyclic) bond motifs is 5. The van der Waals surface area contributed by atoms with Gasteiger partial charge in [-0.05, 0) is 18.9 Å². The zero-order valence-corrected chi connectivity index (χ0v) is 25.0. The van der Waals surface area contributed by atoms with Crippen molar-refractivity contribution >= 4 is 23.7 Å². The number of ketones is 1. The lowest BCUT2D eigenvalue weighted by atomic mass is 9.36. The Labute approximate surface area is 244 Å². The Balaban J connectivity index is 1.55. The number of cyclic esters (lactones) is 1. The van der Waals surface area contributed by atoms with Gasteiger partial charge in [-0.1, -0.05) is 41.5 Å². The lowest BCUT2D eigenvalue weighted by Gasteiger charge is -2.67. The minimum Gasteiger partial charge on any atom is -0.472 e. The van der Waals surface area contributed by atoms with Gasteiger partial charge < -0.3 is 33.6 Å². The second-order valence-electron chi connectivity index (χ2n) is 14.3. The lowest BCUT2D eigenvalue weighted by molar-refractivity contribution is -0.261. The Hall–Kier alpha value is -2.76. The third-order valence-electron chi connectivity index (χ3n) is 11.6. The minimum atomic E-state index is -2.30. The number of ether oxygens (including phenoxy) is 4. The highest BCUT2D eigenvalue weighted by molar-refractivity contribution is 5.99. The van der Waals surface area contributed by atoms with Crippen LogP contribution in [0, 0.1) is 39.9 Å². The predicted molar refractivity (Wildman–Crippen MR) is 142 cm³/mol. The number of esters is 3. The topological polar surface area (TPSA) is 162 Å². The molecule has 1 aromatic rings. The number of aliphatic hydroxyl groups is 2. The average Bonchev–Trinajstić information content (AvgIpc) is 3.41. The molecule has 2 N–H and O–H groups in total. The maximum atomic E-state index is 14.7. The van der Waals surface area contributed by atoms with E-state index in [-0.39, 0.29) is 6.42 Å². The summed E-state index contributed by atoms with van der Waals surface area (Å²) in [7, 11) is 1.15. The van der Waals surface area contributed by atoms with Gasteiger partial charge in [-0.3, -0.25) is 14.4 Å². The van der Waals surface area contributed by atoms with Crippen LogP contribution >= 0.6 is 0 Å². The molecule has 0 aromatic carbocycles. The van der Waals surface area contributed by atoms with E-state index in [0.29, 0.717) is 18.4 Å². The molecule has 3 aliphatic carbocycles. The Morgan fingerprint density at radius 1 is 1.10 bits per heavy atom. The number of methoxy groups -OCH3 is 1. The van der Waals surface area contributed by atoms with Crippen LogP contribution in [0.1, 0.15) is 72.5 Å². The summed E-state index contributed by atoms with van der Waals surface area (Å²) in [6.07, 6.45) is -0.922. The third kappa shape index (κ3) is 3.33. The first kappa shape index (κ1) is 29.3. The first-order valence-electron chi connectivity index (χ1n) is 14.7. The number of furan rings is 1. The maximum absolute atomic E-state index is 14.7. The quantitative estimate of drug-likeness (QED) is 0.295. The molecule has 5 fully saturated rings. The lowest BCUT2D eigenvalue weighted by Crippen LogP contribution is -2.81. The molecule has 1 spiro atoms. The standard InChI is InChI=1S/C31H40O11/c1-14(2)22(34)41-25-27(3,4)20(19(33)23(35)38-7)29(6)16-8-10-28(5)17(31(16)26(42-31)30(25,37)24(29)36)12-18(32)40-21(28)15-9-11-39-13-15/h9,11,13-14,16-17,19-21,25-26,33,37H,8,10,12H2,1-7H3/t16-,17-,19-,20+,21+,25-,26-,28+,29-,30+,31-/m1/s1. The van der Waals surface area contributed by atoms with Crippen LogP contribution in [-0.2, 0) is 38.1 Å². The summed E-state index contributed by atoms with van der Waals surface area (Å²) in [6, 6.07) is 1.75. The summed E-state index contributed by atoms with van der Waals surface area (Å²) in [5.74, 6) is -5.42. The van der Waals surface area contributed by atoms with E-state index in [9.17, 15) is 29.4 Å². The van der Waals surface area contributed by atoms with Gasteiger partial charge in [0.1, 0.15) is 23.9 Å². The van der Waals surface area contributed by atoms with Crippen LogP contribution < -0.4 is 0 Å². The van der Waals surface area contributed by atoms with Gasteiger partial charge in [-0.2, -0.15) is 0 Å². The molecule has 2 aliphatic heterocycles. The number of Topliss-reactive ketones (excluding diaryl/α,β-unsaturated/α-hetero) is 1. The van der Waals surface area contributed by atoms with E-state index >= 15 is 0 Å². The second kappa shape index (κ2) is 8.89. The van der Waals surface area contributed by atoms with Crippen molar-refractivity contribution in [1.29, 1.82) is 0 Å². The maximum Gasteiger partial charge on any atom is 0.335 e. The molecule has 0 unspecified atom stereocenters. The fourth-order valence-corrected chi connectivity index (χ4v) is 9.89. The summed E-state index contributed by atoms with van der Waals surface area (Å²) >= 11 is 0. The molecule has 3 saturated carbocycles. The molecule has 3 heterocycles. The Morgan fingerprint density at radius 3 is 2.38 bits per heavy atom. The number of carbonyl (C=O) groups is 4. The van der Waals surface area contributed by atoms with Gasteiger partial charge >= 0.3 is 17.9 Å². The molecule has 2 bridgehead atoms. The summed E-state index contributed by atoms with van der Waals surface area (Å²) in [6.45, 7) is 10.3. The van der Waals surface area contributed by atoms with Crippen LogP contribution in [0.4, 0.5) is 0 Å². The molecule has 5 aliphatic rings. The Bertz CT molecular complexity index is 1330. The van der Waals surface area contributed by atoms with Gasteiger partial charge in [0.2, 0.25) is 0 Å². The molecule has 2 saturated heterocycles. The van der Waals surface area contributed by atoms with Crippen molar-refractivity contribution in [2.75, 3.05) is 7.11 Å². The van der Waals surface area contributed by atoms with E-state index in [1.54, 1.807) is 46.9 Å². The second-order valence-corrected chi connectivity index (χ2v) is 14.3. The first-order chi connectivity index (χ1) is 19.5. The van der Waals surface area contributed by atoms with E-state index in [4.69, 9.17) is 23.4 Å². The fourth-order valence-electron chi connectivity index (χ4n) is 9.89. The summed E-state index contributed by atoms with van der Waals surface area (Å²) in [5.41, 5.74) is -6.22. The predicted octanol–water partition coefficient (Wildman–Crippen LogP) is 2.52. The van der Waals surface area contributed by atoms with E-state index in [0.717, 1.165) is 7.11 Å².